The Balaban J connectivity index is 2.10. The van der Waals surface area contributed by atoms with Crippen molar-refractivity contribution >= 4 is 16.8 Å². The Labute approximate surface area is 198 Å². The Hall–Kier alpha value is -3.11. The minimum Gasteiger partial charge on any atom is -0.477 e. The zero-order valence-corrected chi connectivity index (χ0v) is 20.7. The third-order valence-electron chi connectivity index (χ3n) is 5.93. The van der Waals surface area contributed by atoms with Gasteiger partial charge in [0.15, 0.2) is 17.1 Å². The Morgan fingerprint density at radius 3 is 2.56 bits per heavy atom. The zero-order chi connectivity index (χ0) is 24.9. The summed E-state index contributed by atoms with van der Waals surface area (Å²) in [7, 11) is 3.18. The topological polar surface area (TPSA) is 121 Å². The third kappa shape index (κ3) is 5.34. The minimum absolute atomic E-state index is 0.140. The van der Waals surface area contributed by atoms with Crippen LogP contribution >= 0.6 is 0 Å². The van der Waals surface area contributed by atoms with E-state index >= 15 is 0 Å². The van der Waals surface area contributed by atoms with E-state index in [-0.39, 0.29) is 22.7 Å². The predicted molar refractivity (Wildman–Crippen MR) is 128 cm³/mol. The molecule has 184 valence electrons. The van der Waals surface area contributed by atoms with Crippen molar-refractivity contribution in [2.45, 2.75) is 65.7 Å². The molecule has 3 aromatic rings. The molecule has 0 fully saturated rings. The number of hydrogen-bond acceptors (Lipinski definition) is 8. The first kappa shape index (κ1) is 25.5. The third-order valence-corrected chi connectivity index (χ3v) is 5.93. The molecule has 10 heteroatoms. The summed E-state index contributed by atoms with van der Waals surface area (Å²) in [6.07, 6.45) is 4.45. The van der Waals surface area contributed by atoms with Crippen LogP contribution in [0.3, 0.4) is 0 Å². The van der Waals surface area contributed by atoms with Gasteiger partial charge in [-0.15, -0.1) is 0 Å². The quantitative estimate of drug-likeness (QED) is 0.242. The van der Waals surface area contributed by atoms with Crippen LogP contribution in [0, 0.1) is 0 Å². The van der Waals surface area contributed by atoms with Crippen LogP contribution in [0.4, 0.5) is 0 Å². The van der Waals surface area contributed by atoms with Gasteiger partial charge in [0.05, 0.1) is 17.9 Å². The standard InChI is InChI=1S/C24H33N5O5/c1-7-9-12-34-23-17(13-16(14-25-23)15(3)30)21-26-19-18(8-2)29(28-20(19)22(31)27-21)11-10-24(4,32-5)33-6/h13-14H,7-12H2,1-6H3,(H,26,27,31). The van der Waals surface area contributed by atoms with E-state index in [0.29, 0.717) is 48.5 Å². The number of pyridine rings is 1. The fourth-order valence-corrected chi connectivity index (χ4v) is 3.57. The van der Waals surface area contributed by atoms with Crippen molar-refractivity contribution in [1.29, 1.82) is 0 Å². The van der Waals surface area contributed by atoms with Crippen LogP contribution in [0.2, 0.25) is 0 Å². The highest BCUT2D eigenvalue weighted by molar-refractivity contribution is 5.95. The lowest BCUT2D eigenvalue weighted by atomic mass is 10.1. The number of aromatic amines is 1. The summed E-state index contributed by atoms with van der Waals surface area (Å²) in [6.45, 7) is 8.32. The first-order valence-electron chi connectivity index (χ1n) is 11.5. The summed E-state index contributed by atoms with van der Waals surface area (Å²) < 4.78 is 18.5. The molecule has 0 saturated carbocycles. The molecule has 0 aliphatic carbocycles. The molecule has 34 heavy (non-hydrogen) atoms. The van der Waals surface area contributed by atoms with Crippen molar-refractivity contribution in [2.24, 2.45) is 0 Å². The molecule has 0 radical (unpaired) electrons. The molecule has 3 heterocycles. The number of Topliss-reactive ketones (excluding diaryl/α,β-unsaturated/α-hetero) is 1. The van der Waals surface area contributed by atoms with E-state index in [0.717, 1.165) is 18.5 Å². The van der Waals surface area contributed by atoms with E-state index in [1.165, 1.54) is 13.1 Å². The van der Waals surface area contributed by atoms with Crippen LogP contribution in [0.15, 0.2) is 17.1 Å². The highest BCUT2D eigenvalue weighted by Crippen LogP contribution is 2.28. The Bertz CT molecular complexity index is 1210. The lowest BCUT2D eigenvalue weighted by Crippen LogP contribution is -2.31. The molecule has 0 aliphatic rings. The van der Waals surface area contributed by atoms with E-state index in [2.05, 4.69) is 22.0 Å². The summed E-state index contributed by atoms with van der Waals surface area (Å²) in [6, 6.07) is 1.65. The average molecular weight is 472 g/mol. The van der Waals surface area contributed by atoms with Gasteiger partial charge in [-0.3, -0.25) is 14.3 Å². The molecule has 0 unspecified atom stereocenters. The number of aryl methyl sites for hydroxylation is 2. The highest BCUT2D eigenvalue weighted by atomic mass is 16.7. The van der Waals surface area contributed by atoms with Gasteiger partial charge in [-0.25, -0.2) is 9.97 Å². The van der Waals surface area contributed by atoms with Crippen LogP contribution in [-0.2, 0) is 22.4 Å². The number of carbonyl (C=O) groups is 1. The van der Waals surface area contributed by atoms with Gasteiger partial charge in [0.2, 0.25) is 5.88 Å². The van der Waals surface area contributed by atoms with Crippen LogP contribution in [-0.4, -0.2) is 57.1 Å². The summed E-state index contributed by atoms with van der Waals surface area (Å²) >= 11 is 0. The van der Waals surface area contributed by atoms with Gasteiger partial charge in [-0.2, -0.15) is 5.10 Å². The highest BCUT2D eigenvalue weighted by Gasteiger charge is 2.25. The number of fused-ring (bicyclic) bond motifs is 1. The van der Waals surface area contributed by atoms with Crippen molar-refractivity contribution in [1.82, 2.24) is 24.7 Å². The summed E-state index contributed by atoms with van der Waals surface area (Å²) in [5.74, 6) is -0.300. The van der Waals surface area contributed by atoms with Gasteiger partial charge in [0, 0.05) is 38.9 Å². The van der Waals surface area contributed by atoms with E-state index in [1.807, 2.05) is 13.8 Å². The van der Waals surface area contributed by atoms with Gasteiger partial charge in [-0.05, 0) is 32.8 Å². The van der Waals surface area contributed by atoms with Crippen LogP contribution in [0.5, 0.6) is 5.88 Å². The maximum Gasteiger partial charge on any atom is 0.279 e. The molecular weight excluding hydrogens is 438 g/mol. The van der Waals surface area contributed by atoms with E-state index in [9.17, 15) is 9.59 Å². The molecule has 0 aliphatic heterocycles. The second-order valence-electron chi connectivity index (χ2n) is 8.26. The monoisotopic (exact) mass is 471 g/mol. The van der Waals surface area contributed by atoms with Crippen molar-refractivity contribution in [3.63, 3.8) is 0 Å². The Morgan fingerprint density at radius 2 is 1.94 bits per heavy atom. The molecule has 0 atom stereocenters. The number of aromatic nitrogens is 5. The maximum atomic E-state index is 13.0. The summed E-state index contributed by atoms with van der Waals surface area (Å²) in [5, 5.41) is 4.52. The Kier molecular flexibility index (Phi) is 8.16. The summed E-state index contributed by atoms with van der Waals surface area (Å²) in [5.41, 5.74) is 2.07. The Morgan fingerprint density at radius 1 is 1.21 bits per heavy atom. The molecule has 0 amide bonds. The molecule has 0 saturated heterocycles. The second-order valence-corrected chi connectivity index (χ2v) is 8.26. The van der Waals surface area contributed by atoms with Crippen LogP contribution < -0.4 is 10.3 Å². The lowest BCUT2D eigenvalue weighted by molar-refractivity contribution is -0.198. The number of H-pyrrole nitrogens is 1. The van der Waals surface area contributed by atoms with Gasteiger partial charge in [0.1, 0.15) is 11.3 Å². The van der Waals surface area contributed by atoms with Crippen molar-refractivity contribution in [2.75, 3.05) is 20.8 Å². The number of methoxy groups -OCH3 is 2. The molecule has 0 aromatic carbocycles. The average Bonchev–Trinajstić information content (AvgIpc) is 3.20. The van der Waals surface area contributed by atoms with Crippen molar-refractivity contribution < 1.29 is 19.0 Å². The predicted octanol–water partition coefficient (Wildman–Crippen LogP) is 3.52. The second kappa shape index (κ2) is 10.9. The van der Waals surface area contributed by atoms with Gasteiger partial charge < -0.3 is 19.2 Å². The zero-order valence-electron chi connectivity index (χ0n) is 20.7. The first-order chi connectivity index (χ1) is 16.3. The lowest BCUT2D eigenvalue weighted by Gasteiger charge is -2.26. The molecule has 10 nitrogen and oxygen atoms in total. The smallest absolute Gasteiger partial charge is 0.279 e. The van der Waals surface area contributed by atoms with Crippen LogP contribution in [0.25, 0.3) is 22.4 Å². The molecule has 0 spiro atoms. The summed E-state index contributed by atoms with van der Waals surface area (Å²) in [4.78, 5) is 36.9. The van der Waals surface area contributed by atoms with Crippen LogP contribution in [0.1, 0.15) is 63.0 Å². The van der Waals surface area contributed by atoms with E-state index in [4.69, 9.17) is 19.2 Å². The van der Waals surface area contributed by atoms with Gasteiger partial charge >= 0.3 is 0 Å². The molecule has 3 rings (SSSR count). The molecule has 1 N–H and O–H groups in total. The normalized spacial score (nSPS) is 11.8. The largest absolute Gasteiger partial charge is 0.477 e. The van der Waals surface area contributed by atoms with E-state index < -0.39 is 5.79 Å². The molecule has 0 bridgehead atoms. The van der Waals surface area contributed by atoms with Gasteiger partial charge in [-0.1, -0.05) is 20.3 Å². The number of rotatable bonds is 12. The number of unbranched alkanes of at least 4 members (excludes halogenated alkanes) is 1. The van der Waals surface area contributed by atoms with Gasteiger partial charge in [0.25, 0.3) is 5.56 Å². The fourth-order valence-electron chi connectivity index (χ4n) is 3.57. The number of nitrogens with zero attached hydrogens (tertiary/aromatic N) is 4. The minimum atomic E-state index is -0.766. The number of ketones is 1. The molecule has 3 aromatic heterocycles. The number of ether oxygens (including phenoxy) is 3. The number of nitrogens with one attached hydrogen (secondary N) is 1. The number of carbonyl (C=O) groups excluding carboxylic acids is 1. The van der Waals surface area contributed by atoms with Crippen molar-refractivity contribution in [3.05, 3.63) is 33.9 Å². The number of hydrogen-bond donors (Lipinski definition) is 1. The SMILES string of the molecule is CCCCOc1ncc(C(C)=O)cc1-c1nc2c(CC)n(CCC(C)(OC)OC)nc2c(=O)[nH]1. The maximum absolute atomic E-state index is 13.0. The van der Waals surface area contributed by atoms with E-state index in [1.54, 1.807) is 25.0 Å². The fraction of sp³-hybridized carbons (Fsp3) is 0.542. The molecular formula is C24H33N5O5. The van der Waals surface area contributed by atoms with Crippen molar-refractivity contribution in [3.8, 4) is 17.3 Å². The first-order valence-corrected chi connectivity index (χ1v) is 11.5.